The molecule has 1 saturated carbocycles. The summed E-state index contributed by atoms with van der Waals surface area (Å²) < 4.78 is 5.28. The van der Waals surface area contributed by atoms with E-state index in [0.717, 1.165) is 39.0 Å². The smallest absolute Gasteiger partial charge is 0.223 e. The number of carbonyl (C=O) groups is 2. The minimum atomic E-state index is 0.235. The summed E-state index contributed by atoms with van der Waals surface area (Å²) >= 11 is 0. The normalized spacial score (nSPS) is 26.6. The zero-order valence-electron chi connectivity index (χ0n) is 13.5. The molecule has 0 aromatic rings. The molecule has 1 unspecified atom stereocenters. The highest BCUT2D eigenvalue weighted by molar-refractivity contribution is 5.78. The van der Waals surface area contributed by atoms with Crippen molar-refractivity contribution in [2.75, 3.05) is 39.4 Å². The van der Waals surface area contributed by atoms with Crippen LogP contribution in [0.2, 0.25) is 0 Å². The summed E-state index contributed by atoms with van der Waals surface area (Å²) in [7, 11) is 0. The standard InChI is InChI=1S/C17H28N2O3/c20-16(18-7-9-22-10-8-18)12-15-5-6-19(13-15)17(21)11-14-3-1-2-4-14/h14-15H,1-13H2. The Morgan fingerprint density at radius 2 is 1.45 bits per heavy atom. The minimum Gasteiger partial charge on any atom is -0.378 e. The zero-order chi connectivity index (χ0) is 15.4. The third-order valence-electron chi connectivity index (χ3n) is 5.40. The summed E-state index contributed by atoms with van der Waals surface area (Å²) in [5.74, 6) is 1.51. The summed E-state index contributed by atoms with van der Waals surface area (Å²) in [5.41, 5.74) is 0. The van der Waals surface area contributed by atoms with Gasteiger partial charge in [-0.1, -0.05) is 12.8 Å². The predicted octanol–water partition coefficient (Wildman–Crippen LogP) is 1.66. The minimum absolute atomic E-state index is 0.235. The first-order valence-corrected chi connectivity index (χ1v) is 8.85. The summed E-state index contributed by atoms with van der Waals surface area (Å²) in [4.78, 5) is 28.5. The fourth-order valence-corrected chi connectivity index (χ4v) is 4.01. The molecule has 2 aliphatic heterocycles. The molecule has 2 saturated heterocycles. The first-order chi connectivity index (χ1) is 10.7. The number of carbonyl (C=O) groups excluding carboxylic acids is 2. The highest BCUT2D eigenvalue weighted by Gasteiger charge is 2.30. The topological polar surface area (TPSA) is 49.9 Å². The van der Waals surface area contributed by atoms with Crippen LogP contribution in [0.15, 0.2) is 0 Å². The molecule has 22 heavy (non-hydrogen) atoms. The average Bonchev–Trinajstić information content (AvgIpc) is 3.20. The van der Waals surface area contributed by atoms with Crippen LogP contribution in [0.5, 0.6) is 0 Å². The van der Waals surface area contributed by atoms with Crippen molar-refractivity contribution >= 4 is 11.8 Å². The zero-order valence-corrected chi connectivity index (χ0v) is 13.5. The third kappa shape index (κ3) is 4.00. The Morgan fingerprint density at radius 3 is 2.18 bits per heavy atom. The Kier molecular flexibility index (Phi) is 5.34. The molecule has 0 aromatic carbocycles. The molecule has 5 nitrogen and oxygen atoms in total. The van der Waals surface area contributed by atoms with Gasteiger partial charge in [-0.15, -0.1) is 0 Å². The first-order valence-electron chi connectivity index (χ1n) is 8.85. The van der Waals surface area contributed by atoms with E-state index < -0.39 is 0 Å². The lowest BCUT2D eigenvalue weighted by Gasteiger charge is -2.28. The fraction of sp³-hybridized carbons (Fsp3) is 0.882. The molecule has 0 bridgehead atoms. The van der Waals surface area contributed by atoms with Crippen molar-refractivity contribution in [2.45, 2.75) is 44.9 Å². The van der Waals surface area contributed by atoms with E-state index in [1.807, 2.05) is 9.80 Å². The van der Waals surface area contributed by atoms with Crippen LogP contribution in [-0.2, 0) is 14.3 Å². The van der Waals surface area contributed by atoms with Gasteiger partial charge in [0.15, 0.2) is 0 Å². The van der Waals surface area contributed by atoms with Gasteiger partial charge in [-0.05, 0) is 31.1 Å². The average molecular weight is 308 g/mol. The van der Waals surface area contributed by atoms with Gasteiger partial charge in [0, 0.05) is 39.0 Å². The molecule has 0 aromatic heterocycles. The molecule has 3 aliphatic rings. The molecule has 1 aliphatic carbocycles. The van der Waals surface area contributed by atoms with Gasteiger partial charge in [0.25, 0.3) is 0 Å². The van der Waals surface area contributed by atoms with Crippen molar-refractivity contribution in [3.8, 4) is 0 Å². The number of amides is 2. The second kappa shape index (κ2) is 7.44. The van der Waals surface area contributed by atoms with E-state index >= 15 is 0 Å². The summed E-state index contributed by atoms with van der Waals surface area (Å²) in [6.45, 7) is 4.37. The van der Waals surface area contributed by atoms with Crippen LogP contribution in [0.1, 0.15) is 44.9 Å². The van der Waals surface area contributed by atoms with E-state index in [-0.39, 0.29) is 5.91 Å². The van der Waals surface area contributed by atoms with E-state index in [1.54, 1.807) is 0 Å². The van der Waals surface area contributed by atoms with Crippen LogP contribution in [0.25, 0.3) is 0 Å². The van der Waals surface area contributed by atoms with Gasteiger partial charge in [-0.25, -0.2) is 0 Å². The van der Waals surface area contributed by atoms with Gasteiger partial charge in [0.05, 0.1) is 13.2 Å². The summed E-state index contributed by atoms with van der Waals surface area (Å²) in [6, 6.07) is 0. The number of rotatable bonds is 4. The van der Waals surface area contributed by atoms with Crippen molar-refractivity contribution < 1.29 is 14.3 Å². The molecule has 5 heteroatoms. The van der Waals surface area contributed by atoms with Crippen LogP contribution in [0, 0.1) is 11.8 Å². The van der Waals surface area contributed by atoms with Crippen molar-refractivity contribution in [1.29, 1.82) is 0 Å². The van der Waals surface area contributed by atoms with Gasteiger partial charge in [-0.2, -0.15) is 0 Å². The van der Waals surface area contributed by atoms with Crippen LogP contribution in [-0.4, -0.2) is 61.0 Å². The molecule has 0 spiro atoms. The highest BCUT2D eigenvalue weighted by Crippen LogP contribution is 2.29. The lowest BCUT2D eigenvalue weighted by molar-refractivity contribution is -0.137. The predicted molar refractivity (Wildman–Crippen MR) is 83.3 cm³/mol. The maximum atomic E-state index is 12.3. The Bertz CT molecular complexity index is 401. The van der Waals surface area contributed by atoms with E-state index in [0.29, 0.717) is 37.4 Å². The second-order valence-corrected chi connectivity index (χ2v) is 7.05. The summed E-state index contributed by atoms with van der Waals surface area (Å²) in [6.07, 6.45) is 7.31. The molecular weight excluding hydrogens is 280 g/mol. The number of morpholine rings is 1. The Morgan fingerprint density at radius 1 is 0.818 bits per heavy atom. The maximum absolute atomic E-state index is 12.3. The Hall–Kier alpha value is -1.10. The van der Waals surface area contributed by atoms with Gasteiger partial charge in [0.1, 0.15) is 0 Å². The van der Waals surface area contributed by atoms with Crippen molar-refractivity contribution in [3.63, 3.8) is 0 Å². The number of hydrogen-bond donors (Lipinski definition) is 0. The molecule has 3 fully saturated rings. The van der Waals surface area contributed by atoms with Crippen molar-refractivity contribution in [3.05, 3.63) is 0 Å². The van der Waals surface area contributed by atoms with Crippen LogP contribution >= 0.6 is 0 Å². The molecule has 1 atom stereocenters. The van der Waals surface area contributed by atoms with Gasteiger partial charge in [-0.3, -0.25) is 9.59 Å². The number of likely N-dealkylation sites (tertiary alicyclic amines) is 1. The van der Waals surface area contributed by atoms with Crippen molar-refractivity contribution in [2.24, 2.45) is 11.8 Å². The monoisotopic (exact) mass is 308 g/mol. The van der Waals surface area contributed by atoms with Gasteiger partial charge in [0.2, 0.25) is 11.8 Å². The van der Waals surface area contributed by atoms with Crippen LogP contribution in [0.3, 0.4) is 0 Å². The molecule has 2 amide bonds. The van der Waals surface area contributed by atoms with Gasteiger partial charge >= 0.3 is 0 Å². The third-order valence-corrected chi connectivity index (χ3v) is 5.40. The van der Waals surface area contributed by atoms with Crippen LogP contribution < -0.4 is 0 Å². The van der Waals surface area contributed by atoms with E-state index in [1.165, 1.54) is 25.7 Å². The maximum Gasteiger partial charge on any atom is 0.223 e. The van der Waals surface area contributed by atoms with E-state index in [4.69, 9.17) is 4.74 Å². The molecule has 3 rings (SSSR count). The summed E-state index contributed by atoms with van der Waals surface area (Å²) in [5, 5.41) is 0. The van der Waals surface area contributed by atoms with E-state index in [9.17, 15) is 9.59 Å². The molecule has 0 N–H and O–H groups in total. The first kappa shape index (κ1) is 15.8. The number of ether oxygens (including phenoxy) is 1. The molecule has 124 valence electrons. The quantitative estimate of drug-likeness (QED) is 0.794. The Balaban J connectivity index is 1.41. The lowest BCUT2D eigenvalue weighted by Crippen LogP contribution is -2.41. The molecule has 0 radical (unpaired) electrons. The molecular formula is C17H28N2O3. The van der Waals surface area contributed by atoms with Crippen LogP contribution in [0.4, 0.5) is 0 Å². The fourth-order valence-electron chi connectivity index (χ4n) is 4.01. The van der Waals surface area contributed by atoms with Gasteiger partial charge < -0.3 is 14.5 Å². The highest BCUT2D eigenvalue weighted by atomic mass is 16.5. The number of hydrogen-bond acceptors (Lipinski definition) is 3. The second-order valence-electron chi connectivity index (χ2n) is 7.05. The number of nitrogens with zero attached hydrogens (tertiary/aromatic N) is 2. The molecule has 2 heterocycles. The van der Waals surface area contributed by atoms with Crippen molar-refractivity contribution in [1.82, 2.24) is 9.80 Å². The van der Waals surface area contributed by atoms with E-state index in [2.05, 4.69) is 0 Å². The Labute approximate surface area is 133 Å². The SMILES string of the molecule is O=C(CC1CCN(C(=O)CC2CCCC2)C1)N1CCOCC1. The lowest BCUT2D eigenvalue weighted by atomic mass is 10.0. The largest absolute Gasteiger partial charge is 0.378 e.